The highest BCUT2D eigenvalue weighted by Gasteiger charge is 2.33. The molecule has 1 aliphatic heterocycles. The first-order chi connectivity index (χ1) is 17.4. The van der Waals surface area contributed by atoms with E-state index in [0.717, 1.165) is 5.56 Å². The number of anilines is 1. The van der Waals surface area contributed by atoms with Gasteiger partial charge >= 0.3 is 0 Å². The zero-order valence-corrected chi connectivity index (χ0v) is 23.6. The van der Waals surface area contributed by atoms with Gasteiger partial charge in [-0.3, -0.25) is 0 Å². The second kappa shape index (κ2) is 11.3. The van der Waals surface area contributed by atoms with Gasteiger partial charge in [0.25, 0.3) is 0 Å². The van der Waals surface area contributed by atoms with Crippen LogP contribution in [-0.2, 0) is 0 Å². The minimum absolute atomic E-state index is 0. The lowest BCUT2D eigenvalue weighted by Gasteiger charge is -2.22. The first kappa shape index (κ1) is 27.3. The molecule has 1 unspecified atom stereocenters. The molecule has 0 amide bonds. The Bertz CT molecular complexity index is 1480. The topological polar surface area (TPSA) is 47.0 Å². The van der Waals surface area contributed by atoms with Crippen molar-refractivity contribution in [1.82, 2.24) is 4.98 Å². The van der Waals surface area contributed by atoms with Crippen LogP contribution in [0.2, 0.25) is 10.0 Å². The van der Waals surface area contributed by atoms with E-state index >= 15 is 0 Å². The highest BCUT2D eigenvalue weighted by molar-refractivity contribution is 8.93. The predicted molar refractivity (Wildman–Crippen MR) is 150 cm³/mol. The molecule has 37 heavy (non-hydrogen) atoms. The Morgan fingerprint density at radius 3 is 2.19 bits per heavy atom. The molecule has 192 valence electrons. The number of rotatable bonds is 6. The molecule has 0 N–H and O–H groups in total. The number of ether oxygens (including phenoxy) is 2. The number of hydrogen-bond donors (Lipinski definition) is 0. The number of thiazole rings is 1. The lowest BCUT2D eigenvalue weighted by molar-refractivity contribution is 0.386. The largest absolute Gasteiger partial charge is 0.494 e. The second-order valence-electron chi connectivity index (χ2n) is 7.99. The molecule has 0 saturated heterocycles. The van der Waals surface area contributed by atoms with Gasteiger partial charge in [0.05, 0.1) is 31.7 Å². The van der Waals surface area contributed by atoms with Gasteiger partial charge in [0, 0.05) is 33.0 Å². The Hall–Kier alpha value is -2.72. The Morgan fingerprint density at radius 1 is 0.919 bits per heavy atom. The van der Waals surface area contributed by atoms with Crippen LogP contribution in [0.25, 0.3) is 11.3 Å². The standard InChI is InChI=1S/C26H19Cl2F2N3O2S.BrH/c1-34-24-7-3-14(9-19(24)29)21-12-23(17-6-5-16(27)11-18(17)28)33(32-21)26-31-22(13-36-26)15-4-8-25(35-2)20(30)10-15;/h3-11,13,23H,12H2,1-2H3;1H. The van der Waals surface area contributed by atoms with Crippen molar-refractivity contribution >= 4 is 62.4 Å². The monoisotopic (exact) mass is 625 g/mol. The van der Waals surface area contributed by atoms with Gasteiger partial charge in [0.2, 0.25) is 5.13 Å². The molecule has 2 heterocycles. The minimum Gasteiger partial charge on any atom is -0.494 e. The molecule has 0 aliphatic carbocycles. The summed E-state index contributed by atoms with van der Waals surface area (Å²) in [5, 5.41) is 9.99. The lowest BCUT2D eigenvalue weighted by Crippen LogP contribution is -2.18. The summed E-state index contributed by atoms with van der Waals surface area (Å²) >= 11 is 14.0. The van der Waals surface area contributed by atoms with Gasteiger partial charge in [-0.15, -0.1) is 28.3 Å². The summed E-state index contributed by atoms with van der Waals surface area (Å²) in [5.41, 5.74) is 3.30. The summed E-state index contributed by atoms with van der Waals surface area (Å²) in [6.07, 6.45) is 0.458. The van der Waals surface area contributed by atoms with Gasteiger partial charge in [-0.2, -0.15) is 5.10 Å². The molecule has 3 aromatic carbocycles. The Labute approximate surface area is 237 Å². The molecule has 0 bridgehead atoms. The van der Waals surface area contributed by atoms with Crippen LogP contribution in [0, 0.1) is 11.6 Å². The van der Waals surface area contributed by atoms with Crippen LogP contribution in [0.1, 0.15) is 23.6 Å². The third-order valence-electron chi connectivity index (χ3n) is 5.85. The summed E-state index contributed by atoms with van der Waals surface area (Å²) in [4.78, 5) is 4.72. The molecule has 5 rings (SSSR count). The highest BCUT2D eigenvalue weighted by Crippen LogP contribution is 2.42. The first-order valence-corrected chi connectivity index (χ1v) is 12.5. The number of benzene rings is 3. The fraction of sp³-hybridized carbons (Fsp3) is 0.154. The zero-order valence-electron chi connectivity index (χ0n) is 19.5. The zero-order chi connectivity index (χ0) is 25.4. The van der Waals surface area contributed by atoms with Crippen LogP contribution in [0.3, 0.4) is 0 Å². The number of hydrogen-bond acceptors (Lipinski definition) is 6. The van der Waals surface area contributed by atoms with Crippen molar-refractivity contribution in [1.29, 1.82) is 0 Å². The quantitative estimate of drug-likeness (QED) is 0.216. The second-order valence-corrected chi connectivity index (χ2v) is 9.67. The van der Waals surface area contributed by atoms with Gasteiger partial charge in [0.15, 0.2) is 23.1 Å². The summed E-state index contributed by atoms with van der Waals surface area (Å²) in [6, 6.07) is 14.4. The molecule has 11 heteroatoms. The molecule has 0 fully saturated rings. The molecule has 5 nitrogen and oxygen atoms in total. The van der Waals surface area contributed by atoms with Crippen molar-refractivity contribution in [2.24, 2.45) is 5.10 Å². The summed E-state index contributed by atoms with van der Waals surface area (Å²) < 4.78 is 38.8. The molecule has 0 saturated carbocycles. The highest BCUT2D eigenvalue weighted by atomic mass is 79.9. The summed E-state index contributed by atoms with van der Waals surface area (Å²) in [6.45, 7) is 0. The van der Waals surface area contributed by atoms with Crippen LogP contribution in [0.15, 0.2) is 65.1 Å². The molecule has 0 radical (unpaired) electrons. The van der Waals surface area contributed by atoms with Crippen LogP contribution < -0.4 is 14.5 Å². The first-order valence-electron chi connectivity index (χ1n) is 10.8. The van der Waals surface area contributed by atoms with Gasteiger partial charge in [-0.05, 0) is 54.1 Å². The summed E-state index contributed by atoms with van der Waals surface area (Å²) in [7, 11) is 2.83. The van der Waals surface area contributed by atoms with Gasteiger partial charge < -0.3 is 9.47 Å². The van der Waals surface area contributed by atoms with Crippen LogP contribution in [-0.4, -0.2) is 24.9 Å². The average Bonchev–Trinajstić information content (AvgIpc) is 3.52. The molecule has 1 aromatic heterocycles. The molecular formula is C26H20BrCl2F2N3O2S. The maximum absolute atomic E-state index is 14.5. The molecular weight excluding hydrogens is 607 g/mol. The average molecular weight is 627 g/mol. The van der Waals surface area contributed by atoms with E-state index in [-0.39, 0.29) is 34.5 Å². The van der Waals surface area contributed by atoms with Crippen molar-refractivity contribution in [3.63, 3.8) is 0 Å². The lowest BCUT2D eigenvalue weighted by atomic mass is 9.98. The van der Waals surface area contributed by atoms with Crippen molar-refractivity contribution < 1.29 is 18.3 Å². The molecule has 0 spiro atoms. The van der Waals surface area contributed by atoms with Crippen molar-refractivity contribution in [2.75, 3.05) is 19.2 Å². The third-order valence-corrected chi connectivity index (χ3v) is 7.25. The SMILES string of the molecule is Br.COc1ccc(C2=NN(c3nc(-c4ccc(OC)c(F)c4)cs3)C(c3ccc(Cl)cc3Cl)C2)cc1F. The van der Waals surface area contributed by atoms with E-state index in [1.807, 2.05) is 11.4 Å². The Kier molecular flexibility index (Phi) is 8.38. The van der Waals surface area contributed by atoms with E-state index in [9.17, 15) is 8.78 Å². The normalized spacial score (nSPS) is 14.8. The maximum Gasteiger partial charge on any atom is 0.207 e. The van der Waals surface area contributed by atoms with Crippen molar-refractivity contribution in [3.8, 4) is 22.8 Å². The third kappa shape index (κ3) is 5.45. The Balaban J connectivity index is 0.00000320. The van der Waals surface area contributed by atoms with Crippen molar-refractivity contribution in [2.45, 2.75) is 12.5 Å². The number of aromatic nitrogens is 1. The summed E-state index contributed by atoms with van der Waals surface area (Å²) in [5.74, 6) is -0.636. The predicted octanol–water partition coefficient (Wildman–Crippen LogP) is 8.35. The van der Waals surface area contributed by atoms with E-state index in [1.54, 1.807) is 41.4 Å². The number of halogens is 5. The van der Waals surface area contributed by atoms with E-state index in [2.05, 4.69) is 0 Å². The molecule has 1 atom stereocenters. The van der Waals surface area contributed by atoms with Crippen molar-refractivity contribution in [3.05, 3.63) is 92.8 Å². The minimum atomic E-state index is -0.477. The fourth-order valence-corrected chi connectivity index (χ4v) is 5.42. The maximum atomic E-state index is 14.5. The van der Waals surface area contributed by atoms with Gasteiger partial charge in [0.1, 0.15) is 0 Å². The number of nitrogens with zero attached hydrogens (tertiary/aromatic N) is 3. The van der Waals surface area contributed by atoms with Gasteiger partial charge in [-0.25, -0.2) is 18.8 Å². The Morgan fingerprint density at radius 2 is 1.57 bits per heavy atom. The smallest absolute Gasteiger partial charge is 0.207 e. The molecule has 4 aromatic rings. The van der Waals surface area contributed by atoms with E-state index in [0.29, 0.717) is 44.1 Å². The van der Waals surface area contributed by atoms with E-state index in [4.69, 9.17) is 42.8 Å². The molecule has 1 aliphatic rings. The van der Waals surface area contributed by atoms with Crippen LogP contribution in [0.4, 0.5) is 13.9 Å². The van der Waals surface area contributed by atoms with E-state index < -0.39 is 11.6 Å². The van der Waals surface area contributed by atoms with Crippen LogP contribution >= 0.6 is 51.5 Å². The number of methoxy groups -OCH3 is 2. The number of hydrazone groups is 1. The van der Waals surface area contributed by atoms with Gasteiger partial charge in [-0.1, -0.05) is 29.3 Å². The fourth-order valence-electron chi connectivity index (χ4n) is 4.05. The van der Waals surface area contributed by atoms with Crippen LogP contribution in [0.5, 0.6) is 11.5 Å². The van der Waals surface area contributed by atoms with E-state index in [1.165, 1.54) is 37.7 Å².